The molecule has 348 valence electrons. The first-order chi connectivity index (χ1) is 32.6. The predicted molar refractivity (Wildman–Crippen MR) is 249 cm³/mol. The Balaban J connectivity index is 0.000000199. The third-order valence-corrected chi connectivity index (χ3v) is 10.7. The van der Waals surface area contributed by atoms with Gasteiger partial charge in [-0.25, -0.2) is 0 Å². The van der Waals surface area contributed by atoms with E-state index in [1.807, 2.05) is 0 Å². The topological polar surface area (TPSA) is 241 Å². The molecule has 0 heterocycles. The minimum atomic E-state index is -2.11. The number of hydrogen-bond acceptors (Lipinski definition) is 12. The molecule has 12 nitrogen and oxygen atoms in total. The van der Waals surface area contributed by atoms with E-state index >= 15 is 0 Å². The van der Waals surface area contributed by atoms with Crippen LogP contribution in [-0.4, -0.2) is 71.6 Å². The van der Waals surface area contributed by atoms with Crippen molar-refractivity contribution >= 4 is 51.2 Å². The molecule has 0 aliphatic carbocycles. The van der Waals surface area contributed by atoms with Gasteiger partial charge >= 0.3 is 0 Å². The van der Waals surface area contributed by atoms with Crippen LogP contribution in [0.2, 0.25) is 0 Å². The quantitative estimate of drug-likeness (QED) is 0.129. The van der Waals surface area contributed by atoms with Crippen molar-refractivity contribution in [2.24, 2.45) is 0 Å². The number of carbonyl (C=O) groups is 4. The number of aliphatic hydroxyl groups is 4. The van der Waals surface area contributed by atoms with Crippen molar-refractivity contribution in [1.82, 2.24) is 0 Å². The molecule has 0 atom stereocenters. The number of benzene rings is 8. The van der Waals surface area contributed by atoms with Gasteiger partial charge < -0.3 is 60.0 Å². The molecule has 4 radical (unpaired) electrons. The predicted octanol–water partition coefficient (Wildman–Crippen LogP) is 2.31. The van der Waals surface area contributed by atoms with E-state index in [-0.39, 0.29) is 71.8 Å². The van der Waals surface area contributed by atoms with Crippen LogP contribution in [0.5, 0.6) is 0 Å². The molecule has 8 rings (SSSR count). The molecule has 0 saturated carbocycles. The smallest absolute Gasteiger partial charge is 0.154 e. The fourth-order valence-corrected chi connectivity index (χ4v) is 7.04. The van der Waals surface area contributed by atoms with E-state index in [2.05, 4.69) is 0 Å². The maximum Gasteiger partial charge on any atom is 0.154 e. The number of carboxylic acid groups (broad SMARTS) is 4. The van der Waals surface area contributed by atoms with Crippen LogP contribution in [0.4, 0.5) is 0 Å². The Bertz CT molecular complexity index is 2270. The van der Waals surface area contributed by atoms with E-state index in [4.69, 9.17) is 0 Å². The molecule has 8 aromatic rings. The fraction of sp³-hybridized carbons (Fsp3) is 0.0714. The summed E-state index contributed by atoms with van der Waals surface area (Å²) in [5.41, 5.74) is -6.17. The van der Waals surface area contributed by atoms with Gasteiger partial charge in [0.2, 0.25) is 0 Å². The van der Waals surface area contributed by atoms with Gasteiger partial charge in [-0.3, -0.25) is 0 Å². The summed E-state index contributed by atoms with van der Waals surface area (Å²) in [4.78, 5) is 45.0. The molecule has 0 aromatic heterocycles. The molecule has 0 saturated heterocycles. The number of rotatable bonds is 12. The van der Waals surface area contributed by atoms with Gasteiger partial charge in [0, 0.05) is 27.3 Å². The SMILES string of the molecule is O=C([O-])C(O)(c1ccccc1)c1ccccc1.O=C([O-])C(O)(c1ccccc1)c1ccccc1.O=C([O-])C(O)(c1ccccc1)c1ccccc1.O=C([O-])C(O)(c1ccccc1)c1ccccc1.[Pb]. The first kappa shape index (κ1) is 54.0. The molecule has 69 heavy (non-hydrogen) atoms. The summed E-state index contributed by atoms with van der Waals surface area (Å²) < 4.78 is 0. The normalized spacial score (nSPS) is 11.0. The van der Waals surface area contributed by atoms with Crippen LogP contribution < -0.4 is 20.4 Å². The van der Waals surface area contributed by atoms with E-state index in [1.165, 1.54) is 0 Å². The molecule has 0 unspecified atom stereocenters. The zero-order valence-corrected chi connectivity index (χ0v) is 40.5. The molecule has 8 aromatic carbocycles. The van der Waals surface area contributed by atoms with Gasteiger partial charge in [0.25, 0.3) is 0 Å². The van der Waals surface area contributed by atoms with Gasteiger partial charge in [-0.2, -0.15) is 0 Å². The van der Waals surface area contributed by atoms with Crippen LogP contribution in [0.15, 0.2) is 243 Å². The Labute approximate surface area is 418 Å². The van der Waals surface area contributed by atoms with Crippen LogP contribution >= 0.6 is 0 Å². The second kappa shape index (κ2) is 25.0. The van der Waals surface area contributed by atoms with Crippen LogP contribution in [-0.2, 0) is 41.6 Å². The van der Waals surface area contributed by atoms with Crippen LogP contribution in [0.1, 0.15) is 44.5 Å². The molecular formula is C56H44O12Pb-4. The van der Waals surface area contributed by atoms with E-state index < -0.39 is 46.3 Å². The summed E-state index contributed by atoms with van der Waals surface area (Å²) in [6.45, 7) is 0. The van der Waals surface area contributed by atoms with Crippen molar-refractivity contribution in [3.05, 3.63) is 287 Å². The van der Waals surface area contributed by atoms with Crippen LogP contribution in [0.3, 0.4) is 0 Å². The first-order valence-electron chi connectivity index (χ1n) is 20.8. The maximum absolute atomic E-state index is 11.3. The molecule has 0 bridgehead atoms. The summed E-state index contributed by atoms with van der Waals surface area (Å²) in [6, 6.07) is 65.7. The second-order valence-electron chi connectivity index (χ2n) is 14.9. The minimum Gasteiger partial charge on any atom is -0.546 e. The molecule has 13 heteroatoms. The van der Waals surface area contributed by atoms with Crippen molar-refractivity contribution in [1.29, 1.82) is 0 Å². The van der Waals surface area contributed by atoms with E-state index in [0.29, 0.717) is 0 Å². The van der Waals surface area contributed by atoms with E-state index in [0.717, 1.165) is 0 Å². The molecule has 0 amide bonds. The Morgan fingerprint density at radius 2 is 0.319 bits per heavy atom. The number of aliphatic carboxylic acids is 4. The van der Waals surface area contributed by atoms with Crippen molar-refractivity contribution in [2.75, 3.05) is 0 Å². The Kier molecular flexibility index (Phi) is 19.5. The first-order valence-corrected chi connectivity index (χ1v) is 20.8. The van der Waals surface area contributed by atoms with E-state index in [1.54, 1.807) is 243 Å². The zero-order chi connectivity index (χ0) is 49.2. The zero-order valence-electron chi connectivity index (χ0n) is 36.6. The average Bonchev–Trinajstić information content (AvgIpc) is 3.40. The van der Waals surface area contributed by atoms with Crippen LogP contribution in [0.25, 0.3) is 0 Å². The number of hydrogen-bond donors (Lipinski definition) is 4. The van der Waals surface area contributed by atoms with Crippen molar-refractivity contribution < 1.29 is 60.0 Å². The molecule has 0 spiro atoms. The minimum absolute atomic E-state index is 0. The number of carboxylic acids is 4. The molecule has 0 aliphatic rings. The Morgan fingerprint density at radius 1 is 0.232 bits per heavy atom. The summed E-state index contributed by atoms with van der Waals surface area (Å²) in [5.74, 6) is -6.13. The molecular weight excluding hydrogens is 1070 g/mol. The van der Waals surface area contributed by atoms with Gasteiger partial charge in [0.1, 0.15) is 0 Å². The summed E-state index contributed by atoms with van der Waals surface area (Å²) >= 11 is 0. The standard InChI is InChI=1S/4C14H12O3.Pb/c4*15-13(16)14(17,11-7-3-1-4-8-11)12-9-5-2-6-10-12;/h4*1-10,17H,(H,15,16);/p-4. The van der Waals surface area contributed by atoms with Crippen molar-refractivity contribution in [2.45, 2.75) is 22.4 Å². The third kappa shape index (κ3) is 12.5. The number of carbonyl (C=O) groups excluding carboxylic acids is 4. The summed E-state index contributed by atoms with van der Waals surface area (Å²) in [7, 11) is 0. The van der Waals surface area contributed by atoms with Crippen LogP contribution in [0, 0.1) is 0 Å². The third-order valence-electron chi connectivity index (χ3n) is 10.7. The molecule has 0 aliphatic heterocycles. The largest absolute Gasteiger partial charge is 0.546 e. The van der Waals surface area contributed by atoms with Gasteiger partial charge in [-0.15, -0.1) is 0 Å². The second-order valence-corrected chi connectivity index (χ2v) is 14.9. The fourth-order valence-electron chi connectivity index (χ4n) is 7.04. The van der Waals surface area contributed by atoms with E-state index in [9.17, 15) is 60.0 Å². The average molecular weight is 1120 g/mol. The van der Waals surface area contributed by atoms with Gasteiger partial charge in [0.15, 0.2) is 22.4 Å². The Hall–Kier alpha value is -7.60. The monoisotopic (exact) mass is 1120 g/mol. The van der Waals surface area contributed by atoms with Gasteiger partial charge in [-0.05, 0) is 44.5 Å². The van der Waals surface area contributed by atoms with Gasteiger partial charge in [0.05, 0.1) is 23.9 Å². The van der Waals surface area contributed by atoms with Crippen molar-refractivity contribution in [3.63, 3.8) is 0 Å². The summed E-state index contributed by atoms with van der Waals surface area (Å²) in [5, 5.41) is 86.5. The molecule has 4 N–H and O–H groups in total. The molecule has 0 fully saturated rings. The summed E-state index contributed by atoms with van der Waals surface area (Å²) in [6.07, 6.45) is 0. The maximum atomic E-state index is 11.3. The Morgan fingerprint density at radius 3 is 0.391 bits per heavy atom. The van der Waals surface area contributed by atoms with Crippen molar-refractivity contribution in [3.8, 4) is 0 Å². The van der Waals surface area contributed by atoms with Gasteiger partial charge in [-0.1, -0.05) is 243 Å².